The molecular formula is C20H27FN4O. The first-order valence-corrected chi connectivity index (χ1v) is 9.42. The zero-order valence-corrected chi connectivity index (χ0v) is 15.3. The SMILES string of the molecule is CCCN(Cc1ccccc1F)C(=O)Cn1nccc1[C@@H]1CCCNC1. The van der Waals surface area contributed by atoms with Gasteiger partial charge >= 0.3 is 0 Å². The predicted molar refractivity (Wildman–Crippen MR) is 99.2 cm³/mol. The van der Waals surface area contributed by atoms with Gasteiger partial charge in [0.15, 0.2) is 0 Å². The van der Waals surface area contributed by atoms with Crippen LogP contribution in [-0.2, 0) is 17.9 Å². The Morgan fingerprint density at radius 1 is 1.38 bits per heavy atom. The Bertz CT molecular complexity index is 724. The average Bonchev–Trinajstić information content (AvgIpc) is 3.12. The molecule has 2 heterocycles. The molecule has 6 heteroatoms. The van der Waals surface area contributed by atoms with Crippen molar-refractivity contribution in [2.75, 3.05) is 19.6 Å². The lowest BCUT2D eigenvalue weighted by Gasteiger charge is -2.25. The second-order valence-electron chi connectivity index (χ2n) is 6.86. The fraction of sp³-hybridized carbons (Fsp3) is 0.500. The summed E-state index contributed by atoms with van der Waals surface area (Å²) in [6.45, 7) is 5.10. The number of carbonyl (C=O) groups is 1. The summed E-state index contributed by atoms with van der Waals surface area (Å²) in [4.78, 5) is 14.6. The molecule has 0 bridgehead atoms. The number of amides is 1. The second-order valence-corrected chi connectivity index (χ2v) is 6.86. The summed E-state index contributed by atoms with van der Waals surface area (Å²) in [5, 5.41) is 7.77. The molecule has 3 rings (SSSR count). The number of hydrogen-bond donors (Lipinski definition) is 1. The third kappa shape index (κ3) is 4.49. The Balaban J connectivity index is 1.70. The van der Waals surface area contributed by atoms with E-state index in [1.807, 2.05) is 17.7 Å². The summed E-state index contributed by atoms with van der Waals surface area (Å²) in [6, 6.07) is 8.64. The molecule has 0 radical (unpaired) electrons. The van der Waals surface area contributed by atoms with Crippen LogP contribution < -0.4 is 5.32 Å². The standard InChI is InChI=1S/C20H27FN4O/c1-2-12-24(14-17-6-3-4-8-18(17)21)20(26)15-25-19(9-11-23-25)16-7-5-10-22-13-16/h3-4,6,8-9,11,16,22H,2,5,7,10,12-15H2,1H3/t16-/m1/s1. The molecule has 1 aromatic heterocycles. The molecule has 1 aliphatic rings. The summed E-state index contributed by atoms with van der Waals surface area (Å²) in [5.41, 5.74) is 1.65. The Morgan fingerprint density at radius 2 is 2.23 bits per heavy atom. The molecule has 5 nitrogen and oxygen atoms in total. The second kappa shape index (κ2) is 8.94. The highest BCUT2D eigenvalue weighted by Crippen LogP contribution is 2.23. The van der Waals surface area contributed by atoms with Gasteiger partial charge in [0, 0.05) is 43.0 Å². The van der Waals surface area contributed by atoms with Crippen LogP contribution in [0.4, 0.5) is 4.39 Å². The number of halogens is 1. The van der Waals surface area contributed by atoms with Gasteiger partial charge in [0.25, 0.3) is 0 Å². The molecule has 0 unspecified atom stereocenters. The maximum atomic E-state index is 14.0. The summed E-state index contributed by atoms with van der Waals surface area (Å²) in [7, 11) is 0. The molecule has 0 spiro atoms. The normalized spacial score (nSPS) is 17.2. The molecule has 1 N–H and O–H groups in total. The van der Waals surface area contributed by atoms with Crippen LogP contribution in [0.1, 0.15) is 43.4 Å². The van der Waals surface area contributed by atoms with Gasteiger partial charge in [-0.2, -0.15) is 5.10 Å². The van der Waals surface area contributed by atoms with E-state index in [4.69, 9.17) is 0 Å². The van der Waals surface area contributed by atoms with Gasteiger partial charge in [0.1, 0.15) is 12.4 Å². The van der Waals surface area contributed by atoms with Crippen molar-refractivity contribution in [3.8, 4) is 0 Å². The van der Waals surface area contributed by atoms with Crippen LogP contribution in [0.3, 0.4) is 0 Å². The molecule has 1 amide bonds. The smallest absolute Gasteiger partial charge is 0.244 e. The summed E-state index contributed by atoms with van der Waals surface area (Å²) in [5.74, 6) is 0.100. The van der Waals surface area contributed by atoms with E-state index in [2.05, 4.69) is 10.4 Å². The number of aromatic nitrogens is 2. The highest BCUT2D eigenvalue weighted by Gasteiger charge is 2.22. The summed E-state index contributed by atoms with van der Waals surface area (Å²) >= 11 is 0. The Labute approximate surface area is 154 Å². The molecule has 1 aliphatic heterocycles. The molecule has 1 fully saturated rings. The van der Waals surface area contributed by atoms with E-state index in [0.29, 0.717) is 24.6 Å². The Kier molecular flexibility index (Phi) is 6.39. The largest absolute Gasteiger partial charge is 0.337 e. The number of carbonyl (C=O) groups excluding carboxylic acids is 1. The predicted octanol–water partition coefficient (Wildman–Crippen LogP) is 2.93. The first-order chi connectivity index (χ1) is 12.7. The fourth-order valence-corrected chi connectivity index (χ4v) is 3.55. The van der Waals surface area contributed by atoms with Crippen molar-refractivity contribution in [2.45, 2.75) is 45.2 Å². The highest BCUT2D eigenvalue weighted by molar-refractivity contribution is 5.76. The maximum absolute atomic E-state index is 14.0. The van der Waals surface area contributed by atoms with E-state index in [0.717, 1.165) is 38.0 Å². The molecule has 26 heavy (non-hydrogen) atoms. The minimum Gasteiger partial charge on any atom is -0.337 e. The minimum absolute atomic E-state index is 0.0242. The molecule has 0 aliphatic carbocycles. The average molecular weight is 358 g/mol. The van der Waals surface area contributed by atoms with E-state index in [1.165, 1.54) is 6.07 Å². The zero-order chi connectivity index (χ0) is 18.4. The van der Waals surface area contributed by atoms with Gasteiger partial charge in [-0.1, -0.05) is 25.1 Å². The van der Waals surface area contributed by atoms with E-state index in [1.54, 1.807) is 29.3 Å². The van der Waals surface area contributed by atoms with Crippen molar-refractivity contribution in [2.24, 2.45) is 0 Å². The van der Waals surface area contributed by atoms with Crippen LogP contribution in [0.15, 0.2) is 36.5 Å². The Morgan fingerprint density at radius 3 is 2.96 bits per heavy atom. The van der Waals surface area contributed by atoms with Crippen LogP contribution in [0.25, 0.3) is 0 Å². The van der Waals surface area contributed by atoms with Crippen LogP contribution in [-0.4, -0.2) is 40.2 Å². The van der Waals surface area contributed by atoms with Crippen molar-refractivity contribution in [3.05, 3.63) is 53.6 Å². The number of benzene rings is 1. The molecule has 1 atom stereocenters. The van der Waals surface area contributed by atoms with E-state index < -0.39 is 0 Å². The van der Waals surface area contributed by atoms with Crippen LogP contribution >= 0.6 is 0 Å². The van der Waals surface area contributed by atoms with Crippen molar-refractivity contribution in [1.82, 2.24) is 20.0 Å². The lowest BCUT2D eigenvalue weighted by Crippen LogP contribution is -2.36. The van der Waals surface area contributed by atoms with Crippen molar-refractivity contribution in [1.29, 1.82) is 0 Å². The highest BCUT2D eigenvalue weighted by atomic mass is 19.1. The molecule has 0 saturated carbocycles. The number of nitrogens with zero attached hydrogens (tertiary/aromatic N) is 3. The third-order valence-electron chi connectivity index (χ3n) is 4.91. The first-order valence-electron chi connectivity index (χ1n) is 9.42. The van der Waals surface area contributed by atoms with Crippen LogP contribution in [0, 0.1) is 5.82 Å². The van der Waals surface area contributed by atoms with Gasteiger partial charge in [-0.05, 0) is 37.9 Å². The molecule has 1 saturated heterocycles. The monoisotopic (exact) mass is 358 g/mol. The van der Waals surface area contributed by atoms with Crippen LogP contribution in [0.5, 0.6) is 0 Å². The summed E-state index contributed by atoms with van der Waals surface area (Å²) < 4.78 is 15.8. The van der Waals surface area contributed by atoms with Crippen molar-refractivity contribution >= 4 is 5.91 Å². The van der Waals surface area contributed by atoms with Gasteiger partial charge in [0.2, 0.25) is 5.91 Å². The van der Waals surface area contributed by atoms with Crippen molar-refractivity contribution in [3.63, 3.8) is 0 Å². The summed E-state index contributed by atoms with van der Waals surface area (Å²) in [6.07, 6.45) is 4.84. The first kappa shape index (κ1) is 18.6. The lowest BCUT2D eigenvalue weighted by molar-refractivity contribution is -0.132. The van der Waals surface area contributed by atoms with E-state index >= 15 is 0 Å². The maximum Gasteiger partial charge on any atom is 0.244 e. The number of piperidine rings is 1. The Hall–Kier alpha value is -2.21. The van der Waals surface area contributed by atoms with Gasteiger partial charge in [-0.15, -0.1) is 0 Å². The number of rotatable bonds is 7. The minimum atomic E-state index is -0.269. The molecule has 1 aromatic carbocycles. The van der Waals surface area contributed by atoms with Crippen LogP contribution in [0.2, 0.25) is 0 Å². The van der Waals surface area contributed by atoms with Gasteiger partial charge in [-0.25, -0.2) is 4.39 Å². The molecule has 140 valence electrons. The topological polar surface area (TPSA) is 50.2 Å². The lowest BCUT2D eigenvalue weighted by atomic mass is 9.96. The number of hydrogen-bond acceptors (Lipinski definition) is 3. The fourth-order valence-electron chi connectivity index (χ4n) is 3.55. The van der Waals surface area contributed by atoms with E-state index in [-0.39, 0.29) is 18.3 Å². The van der Waals surface area contributed by atoms with Crippen molar-refractivity contribution < 1.29 is 9.18 Å². The van der Waals surface area contributed by atoms with Gasteiger partial charge < -0.3 is 10.2 Å². The third-order valence-corrected chi connectivity index (χ3v) is 4.91. The molecule has 2 aromatic rings. The molecular weight excluding hydrogens is 331 g/mol. The van der Waals surface area contributed by atoms with E-state index in [9.17, 15) is 9.18 Å². The van der Waals surface area contributed by atoms with Gasteiger partial charge in [-0.3, -0.25) is 9.48 Å². The quantitative estimate of drug-likeness (QED) is 0.828. The zero-order valence-electron chi connectivity index (χ0n) is 15.3. The number of nitrogens with one attached hydrogen (secondary N) is 1. The van der Waals surface area contributed by atoms with Gasteiger partial charge in [0.05, 0.1) is 0 Å².